The monoisotopic (exact) mass is 656 g/mol. The van der Waals surface area contributed by atoms with Crippen molar-refractivity contribution in [3.05, 3.63) is 108 Å². The second-order valence-electron chi connectivity index (χ2n) is 13.6. The van der Waals surface area contributed by atoms with Crippen molar-refractivity contribution >= 4 is 48.2 Å². The van der Waals surface area contributed by atoms with Gasteiger partial charge in [-0.1, -0.05) is 106 Å². The van der Waals surface area contributed by atoms with Crippen LogP contribution in [0.4, 0.5) is 0 Å². The fourth-order valence-corrected chi connectivity index (χ4v) is 14.5. The first-order valence-corrected chi connectivity index (χ1v) is 20.0. The first-order valence-electron chi connectivity index (χ1n) is 16.1. The second-order valence-corrected chi connectivity index (χ2v) is 21.0. The van der Waals surface area contributed by atoms with E-state index >= 15 is 0 Å². The number of carbonyl (C=O) groups excluding carboxylic acids is 1. The topological polar surface area (TPSA) is 55.8 Å². The molecule has 2 aliphatic heterocycles. The number of rotatable bonds is 4. The molecule has 1 aliphatic carbocycles. The molecular weight excluding hydrogens is 613 g/mol. The van der Waals surface area contributed by atoms with Gasteiger partial charge in [-0.3, -0.25) is 0 Å². The molecule has 236 valence electrons. The molecule has 7 heteroatoms. The zero-order valence-electron chi connectivity index (χ0n) is 26.7. The van der Waals surface area contributed by atoms with Crippen LogP contribution >= 0.6 is 23.5 Å². The molecular formula is C38H44O4S2Si. The molecule has 1 spiro atoms. The molecule has 0 bridgehead atoms. The number of benzene rings is 3. The fraction of sp³-hybridized carbons (Fsp3) is 0.395. The summed E-state index contributed by atoms with van der Waals surface area (Å²) in [5.74, 6) is 3.21. The lowest BCUT2D eigenvalue weighted by atomic mass is 10.00. The number of carbonyl (C=O) groups is 1. The van der Waals surface area contributed by atoms with Crippen LogP contribution in [0.15, 0.2) is 97.1 Å². The van der Waals surface area contributed by atoms with Gasteiger partial charge in [0, 0.05) is 12.5 Å². The van der Waals surface area contributed by atoms with E-state index in [-0.39, 0.29) is 26.5 Å². The van der Waals surface area contributed by atoms with Crippen molar-refractivity contribution < 1.29 is 19.1 Å². The van der Waals surface area contributed by atoms with Crippen LogP contribution in [0.5, 0.6) is 11.5 Å². The number of fused-ring (bicyclic) bond motifs is 2. The normalized spacial score (nSPS) is 24.8. The molecule has 1 saturated heterocycles. The standard InChI is InChI=1S/C38H44O4S2Si/c1-27-22-29-23-28(29)14-11-12-19-38(43-20-13-21-44-38)26-30-24-31(25-34(39)35(30)36(40)41-27)42-45(37(2,3)4,32-15-7-5-8-16-32)33-17-9-6-10-18-33/h5-12,14-19,24-25,27-29,39H,13,20-23,26H2,1-4H3/b14-11+,19-12+/t27-,28+,29+/m1/s1. The van der Waals surface area contributed by atoms with Crippen LogP contribution in [0.2, 0.25) is 5.04 Å². The van der Waals surface area contributed by atoms with E-state index in [1.807, 2.05) is 48.6 Å². The summed E-state index contributed by atoms with van der Waals surface area (Å²) in [7, 11) is -2.97. The third-order valence-corrected chi connectivity index (χ3v) is 17.4. The third-order valence-electron chi connectivity index (χ3n) is 9.22. The number of phenolic OH excluding ortho intramolecular Hbond substituents is 1. The zero-order chi connectivity index (χ0) is 31.7. The smallest absolute Gasteiger partial charge is 0.342 e. The predicted octanol–water partition coefficient (Wildman–Crippen LogP) is 8.14. The van der Waals surface area contributed by atoms with E-state index in [0.717, 1.165) is 46.7 Å². The molecule has 0 aromatic heterocycles. The summed E-state index contributed by atoms with van der Waals surface area (Å²) in [5, 5.41) is 13.7. The molecule has 2 heterocycles. The van der Waals surface area contributed by atoms with Crippen molar-refractivity contribution in [3.8, 4) is 11.5 Å². The number of cyclic esters (lactones) is 1. The van der Waals surface area contributed by atoms with Crippen LogP contribution < -0.4 is 14.8 Å². The molecule has 3 atom stereocenters. The lowest BCUT2D eigenvalue weighted by Gasteiger charge is -2.43. The maximum Gasteiger partial charge on any atom is 0.342 e. The summed E-state index contributed by atoms with van der Waals surface area (Å²) < 4.78 is 13.1. The van der Waals surface area contributed by atoms with Crippen LogP contribution in [0.25, 0.3) is 0 Å². The van der Waals surface area contributed by atoms with E-state index < -0.39 is 14.3 Å². The maximum absolute atomic E-state index is 13.8. The van der Waals surface area contributed by atoms with E-state index in [4.69, 9.17) is 9.16 Å². The Bertz CT molecular complexity index is 1520. The molecule has 2 fully saturated rings. The number of ether oxygens (including phenoxy) is 1. The minimum Gasteiger partial charge on any atom is -0.534 e. The molecule has 0 unspecified atom stereocenters. The first-order chi connectivity index (χ1) is 21.6. The number of phenols is 1. The minimum atomic E-state index is -2.97. The molecule has 6 rings (SSSR count). The summed E-state index contributed by atoms with van der Waals surface area (Å²) in [6.07, 6.45) is 12.4. The number of allylic oxidation sites excluding steroid dienone is 3. The Hall–Kier alpha value is -2.87. The summed E-state index contributed by atoms with van der Waals surface area (Å²) in [5.41, 5.74) is 1.02. The average molecular weight is 657 g/mol. The van der Waals surface area contributed by atoms with E-state index in [2.05, 4.69) is 93.6 Å². The van der Waals surface area contributed by atoms with E-state index in [1.54, 1.807) is 6.07 Å². The van der Waals surface area contributed by atoms with Crippen LogP contribution in [-0.2, 0) is 11.2 Å². The van der Waals surface area contributed by atoms with Gasteiger partial charge >= 0.3 is 14.3 Å². The third kappa shape index (κ3) is 6.81. The van der Waals surface area contributed by atoms with E-state index in [1.165, 1.54) is 0 Å². The molecule has 4 nitrogen and oxygen atoms in total. The SMILES string of the molecule is C[C@@H]1C[C@H]2C[C@@H]2/C=C/C=C/C2(Cc3cc(O[Si](c4ccccc4)(c4ccccc4)C(C)(C)C)cc(O)c3C(=O)O1)SCCCS2. The molecule has 3 aromatic rings. The highest BCUT2D eigenvalue weighted by molar-refractivity contribution is 8.19. The van der Waals surface area contributed by atoms with E-state index in [9.17, 15) is 9.90 Å². The quantitative estimate of drug-likeness (QED) is 0.226. The van der Waals surface area contributed by atoms with Crippen molar-refractivity contribution in [2.75, 3.05) is 11.5 Å². The van der Waals surface area contributed by atoms with Crippen molar-refractivity contribution in [2.24, 2.45) is 11.8 Å². The summed E-state index contributed by atoms with van der Waals surface area (Å²) in [4.78, 5) is 13.8. The van der Waals surface area contributed by atoms with Gasteiger partial charge in [0.05, 0.1) is 10.2 Å². The van der Waals surface area contributed by atoms with Crippen LogP contribution in [0.3, 0.4) is 0 Å². The largest absolute Gasteiger partial charge is 0.534 e. The Kier molecular flexibility index (Phi) is 9.33. The van der Waals surface area contributed by atoms with Crippen molar-refractivity contribution in [1.29, 1.82) is 0 Å². The highest BCUT2D eigenvalue weighted by atomic mass is 32.2. The van der Waals surface area contributed by atoms with Crippen molar-refractivity contribution in [2.45, 2.75) is 68.6 Å². The van der Waals surface area contributed by atoms with Gasteiger partial charge in [-0.25, -0.2) is 4.79 Å². The fourth-order valence-electron chi connectivity index (χ4n) is 6.93. The van der Waals surface area contributed by atoms with Crippen LogP contribution in [0, 0.1) is 11.8 Å². The minimum absolute atomic E-state index is 0.0844. The van der Waals surface area contributed by atoms with Crippen molar-refractivity contribution in [3.63, 3.8) is 0 Å². The predicted molar refractivity (Wildman–Crippen MR) is 192 cm³/mol. The van der Waals surface area contributed by atoms with Crippen LogP contribution in [-0.4, -0.2) is 41.1 Å². The average Bonchev–Trinajstić information content (AvgIpc) is 3.75. The highest BCUT2D eigenvalue weighted by Crippen LogP contribution is 2.49. The molecule has 0 amide bonds. The number of esters is 1. The van der Waals surface area contributed by atoms with Gasteiger partial charge in [-0.15, -0.1) is 23.5 Å². The van der Waals surface area contributed by atoms with E-state index in [0.29, 0.717) is 24.0 Å². The van der Waals surface area contributed by atoms with Gasteiger partial charge in [0.2, 0.25) is 0 Å². The Morgan fingerprint density at radius 2 is 1.58 bits per heavy atom. The van der Waals surface area contributed by atoms with Gasteiger partial charge in [0.25, 0.3) is 0 Å². The summed E-state index contributed by atoms with van der Waals surface area (Å²) in [6.45, 7) is 8.69. The number of hydrogen-bond donors (Lipinski definition) is 1. The Morgan fingerprint density at radius 1 is 0.933 bits per heavy atom. The molecule has 0 radical (unpaired) electrons. The Balaban J connectivity index is 1.49. The zero-order valence-corrected chi connectivity index (χ0v) is 29.3. The van der Waals surface area contributed by atoms with Gasteiger partial charge < -0.3 is 14.3 Å². The Morgan fingerprint density at radius 3 is 2.20 bits per heavy atom. The maximum atomic E-state index is 13.8. The molecule has 1 N–H and O–H groups in total. The molecule has 3 aromatic carbocycles. The molecule has 1 saturated carbocycles. The number of aromatic hydroxyl groups is 1. The lowest BCUT2D eigenvalue weighted by molar-refractivity contribution is 0.0307. The second kappa shape index (κ2) is 13.1. The van der Waals surface area contributed by atoms with Crippen LogP contribution in [0.1, 0.15) is 62.9 Å². The first kappa shape index (κ1) is 32.1. The van der Waals surface area contributed by atoms with Gasteiger partial charge in [0.15, 0.2) is 0 Å². The summed E-state index contributed by atoms with van der Waals surface area (Å²) >= 11 is 3.84. The number of thioether (sulfide) groups is 2. The van der Waals surface area contributed by atoms with Gasteiger partial charge in [-0.05, 0) is 76.6 Å². The lowest BCUT2D eigenvalue weighted by Crippen LogP contribution is -2.68. The highest BCUT2D eigenvalue weighted by Gasteiger charge is 2.52. The molecule has 3 aliphatic rings. The van der Waals surface area contributed by atoms with Crippen molar-refractivity contribution in [1.82, 2.24) is 0 Å². The number of hydrogen-bond acceptors (Lipinski definition) is 6. The van der Waals surface area contributed by atoms with Gasteiger partial charge in [-0.2, -0.15) is 0 Å². The van der Waals surface area contributed by atoms with Gasteiger partial charge in [0.1, 0.15) is 17.1 Å². The summed E-state index contributed by atoms with van der Waals surface area (Å²) in [6, 6.07) is 24.6. The molecule has 45 heavy (non-hydrogen) atoms. The Labute approximate surface area is 277 Å².